The number of carbonyl (C=O) groups excluding carboxylic acids is 2. The van der Waals surface area contributed by atoms with Crippen molar-refractivity contribution < 1.29 is 14.1 Å². The Morgan fingerprint density at radius 3 is 2.74 bits per heavy atom. The van der Waals surface area contributed by atoms with E-state index < -0.39 is 11.8 Å². The van der Waals surface area contributed by atoms with Gasteiger partial charge in [0.15, 0.2) is 5.82 Å². The summed E-state index contributed by atoms with van der Waals surface area (Å²) in [6.07, 6.45) is 1.13. The van der Waals surface area contributed by atoms with E-state index in [1.165, 1.54) is 0 Å². The molecule has 122 valence electrons. The molecular weight excluding hydrogens is 320 g/mol. The van der Waals surface area contributed by atoms with Gasteiger partial charge >= 0.3 is 11.8 Å². The van der Waals surface area contributed by atoms with E-state index in [2.05, 4.69) is 20.8 Å². The summed E-state index contributed by atoms with van der Waals surface area (Å²) in [6.45, 7) is 3.88. The molecule has 2 amide bonds. The second-order valence-electron chi connectivity index (χ2n) is 5.01. The van der Waals surface area contributed by atoms with Gasteiger partial charge in [-0.1, -0.05) is 22.8 Å². The van der Waals surface area contributed by atoms with E-state index in [1.807, 2.05) is 6.92 Å². The van der Waals surface area contributed by atoms with Gasteiger partial charge in [-0.3, -0.25) is 9.59 Å². The molecular formula is C15H17ClN4O3. The monoisotopic (exact) mass is 336 g/mol. The maximum Gasteiger partial charge on any atom is 0.313 e. The minimum atomic E-state index is -0.732. The van der Waals surface area contributed by atoms with Gasteiger partial charge in [-0.2, -0.15) is 4.98 Å². The fourth-order valence-corrected chi connectivity index (χ4v) is 2.04. The van der Waals surface area contributed by atoms with Gasteiger partial charge in [0.25, 0.3) is 0 Å². The third-order valence-electron chi connectivity index (χ3n) is 3.08. The maximum atomic E-state index is 11.8. The highest BCUT2D eigenvalue weighted by Crippen LogP contribution is 2.19. The molecule has 8 heteroatoms. The van der Waals surface area contributed by atoms with Crippen molar-refractivity contribution in [3.63, 3.8) is 0 Å². The lowest BCUT2D eigenvalue weighted by atomic mass is 10.2. The summed E-state index contributed by atoms with van der Waals surface area (Å²) >= 11 is 5.87. The molecule has 23 heavy (non-hydrogen) atoms. The van der Waals surface area contributed by atoms with E-state index in [0.717, 1.165) is 5.56 Å². The molecule has 0 spiro atoms. The van der Waals surface area contributed by atoms with Gasteiger partial charge in [-0.25, -0.2) is 0 Å². The molecule has 0 bridgehead atoms. The second kappa shape index (κ2) is 7.73. The van der Waals surface area contributed by atoms with Gasteiger partial charge in [-0.05, 0) is 38.0 Å². The molecule has 1 aromatic heterocycles. The number of anilines is 1. The van der Waals surface area contributed by atoms with Crippen LogP contribution in [0.15, 0.2) is 22.7 Å². The predicted molar refractivity (Wildman–Crippen MR) is 85.2 cm³/mol. The Balaban J connectivity index is 1.76. The first-order chi connectivity index (χ1) is 11.0. The first-order valence-corrected chi connectivity index (χ1v) is 7.48. The summed E-state index contributed by atoms with van der Waals surface area (Å²) in [5.74, 6) is -0.355. The summed E-state index contributed by atoms with van der Waals surface area (Å²) in [6, 6.07) is 5.08. The van der Waals surface area contributed by atoms with Crippen LogP contribution < -0.4 is 10.6 Å². The largest absolute Gasteiger partial charge is 0.348 e. The van der Waals surface area contributed by atoms with Crippen LogP contribution >= 0.6 is 11.6 Å². The van der Waals surface area contributed by atoms with Crippen molar-refractivity contribution in [2.75, 3.05) is 11.9 Å². The van der Waals surface area contributed by atoms with Gasteiger partial charge in [-0.15, -0.1) is 0 Å². The number of nitrogens with zero attached hydrogens (tertiary/aromatic N) is 2. The molecule has 0 aliphatic rings. The average Bonchev–Trinajstić information content (AvgIpc) is 2.92. The Bertz CT molecular complexity index is 714. The zero-order valence-corrected chi connectivity index (χ0v) is 13.6. The van der Waals surface area contributed by atoms with Crippen LogP contribution in [0, 0.1) is 13.8 Å². The molecule has 0 aliphatic heterocycles. The number of hydrogen-bond donors (Lipinski definition) is 2. The van der Waals surface area contributed by atoms with Crippen LogP contribution in [0.3, 0.4) is 0 Å². The van der Waals surface area contributed by atoms with Crippen molar-refractivity contribution in [3.8, 4) is 0 Å². The molecule has 7 nitrogen and oxygen atoms in total. The standard InChI is InChI=1S/C15H17ClN4O3/c1-9-5-6-11(16)8-12(9)19-15(22)14(21)17-7-3-4-13-18-10(2)20-23-13/h5-6,8H,3-4,7H2,1-2H3,(H,17,21)(H,19,22). The van der Waals surface area contributed by atoms with Crippen LogP contribution in [0.4, 0.5) is 5.69 Å². The van der Waals surface area contributed by atoms with Crippen molar-refractivity contribution >= 4 is 29.1 Å². The average molecular weight is 337 g/mol. The summed E-state index contributed by atoms with van der Waals surface area (Å²) < 4.78 is 4.96. The van der Waals surface area contributed by atoms with E-state index >= 15 is 0 Å². The first kappa shape index (κ1) is 17.0. The SMILES string of the molecule is Cc1noc(CCCNC(=O)C(=O)Nc2cc(Cl)ccc2C)n1. The molecule has 0 atom stereocenters. The van der Waals surface area contributed by atoms with Crippen LogP contribution in [-0.2, 0) is 16.0 Å². The van der Waals surface area contributed by atoms with Gasteiger partial charge in [0.05, 0.1) is 0 Å². The third-order valence-corrected chi connectivity index (χ3v) is 3.31. The number of halogens is 1. The van der Waals surface area contributed by atoms with Gasteiger partial charge in [0, 0.05) is 23.7 Å². The third kappa shape index (κ3) is 5.07. The summed E-state index contributed by atoms with van der Waals surface area (Å²) in [5, 5.41) is 9.24. The number of carbonyl (C=O) groups is 2. The molecule has 2 aromatic rings. The number of hydrogen-bond acceptors (Lipinski definition) is 5. The first-order valence-electron chi connectivity index (χ1n) is 7.10. The van der Waals surface area contributed by atoms with Crippen molar-refractivity contribution in [2.45, 2.75) is 26.7 Å². The summed E-state index contributed by atoms with van der Waals surface area (Å²) in [7, 11) is 0. The van der Waals surface area contributed by atoms with Crippen LogP contribution in [0.2, 0.25) is 5.02 Å². The lowest BCUT2D eigenvalue weighted by Crippen LogP contribution is -2.36. The van der Waals surface area contributed by atoms with E-state index in [-0.39, 0.29) is 0 Å². The van der Waals surface area contributed by atoms with Gasteiger partial charge in [0.2, 0.25) is 5.89 Å². The number of nitrogens with one attached hydrogen (secondary N) is 2. The topological polar surface area (TPSA) is 97.1 Å². The minimum Gasteiger partial charge on any atom is -0.348 e. The van der Waals surface area contributed by atoms with Crippen molar-refractivity contribution in [2.24, 2.45) is 0 Å². The molecule has 0 fully saturated rings. The van der Waals surface area contributed by atoms with Crippen molar-refractivity contribution in [3.05, 3.63) is 40.5 Å². The summed E-state index contributed by atoms with van der Waals surface area (Å²) in [5.41, 5.74) is 1.33. The molecule has 0 unspecified atom stereocenters. The highest BCUT2D eigenvalue weighted by molar-refractivity contribution is 6.40. The number of amides is 2. The van der Waals surface area contributed by atoms with Gasteiger partial charge in [0.1, 0.15) is 0 Å². The van der Waals surface area contributed by atoms with E-state index in [1.54, 1.807) is 25.1 Å². The molecule has 1 heterocycles. The Hall–Kier alpha value is -2.41. The van der Waals surface area contributed by atoms with Crippen molar-refractivity contribution in [1.82, 2.24) is 15.5 Å². The smallest absolute Gasteiger partial charge is 0.313 e. The highest BCUT2D eigenvalue weighted by Gasteiger charge is 2.14. The number of aromatic nitrogens is 2. The summed E-state index contributed by atoms with van der Waals surface area (Å²) in [4.78, 5) is 27.6. The minimum absolute atomic E-state index is 0.336. The van der Waals surface area contributed by atoms with Crippen molar-refractivity contribution in [1.29, 1.82) is 0 Å². The van der Waals surface area contributed by atoms with E-state index in [4.69, 9.17) is 16.1 Å². The van der Waals surface area contributed by atoms with Crippen LogP contribution in [0.1, 0.15) is 23.7 Å². The Morgan fingerprint density at radius 2 is 2.04 bits per heavy atom. The van der Waals surface area contributed by atoms with E-state index in [9.17, 15) is 9.59 Å². The zero-order valence-electron chi connectivity index (χ0n) is 12.9. The Labute approximate surface area is 138 Å². The normalized spacial score (nSPS) is 10.4. The number of benzene rings is 1. The molecule has 0 saturated heterocycles. The van der Waals surface area contributed by atoms with Crippen LogP contribution in [0.25, 0.3) is 0 Å². The maximum absolute atomic E-state index is 11.8. The lowest BCUT2D eigenvalue weighted by Gasteiger charge is -2.09. The van der Waals surface area contributed by atoms with Crippen LogP contribution in [-0.4, -0.2) is 28.5 Å². The molecule has 2 rings (SSSR count). The predicted octanol–water partition coefficient (Wildman–Crippen LogP) is 2.03. The molecule has 0 radical (unpaired) electrons. The second-order valence-corrected chi connectivity index (χ2v) is 5.44. The molecule has 1 aromatic carbocycles. The van der Waals surface area contributed by atoms with Gasteiger partial charge < -0.3 is 15.2 Å². The van der Waals surface area contributed by atoms with E-state index in [0.29, 0.717) is 41.8 Å². The zero-order chi connectivity index (χ0) is 16.8. The fraction of sp³-hybridized carbons (Fsp3) is 0.333. The molecule has 2 N–H and O–H groups in total. The lowest BCUT2D eigenvalue weighted by molar-refractivity contribution is -0.136. The fourth-order valence-electron chi connectivity index (χ4n) is 1.87. The van der Waals surface area contributed by atoms with Crippen LogP contribution in [0.5, 0.6) is 0 Å². The Kier molecular flexibility index (Phi) is 5.70. The number of rotatable bonds is 5. The highest BCUT2D eigenvalue weighted by atomic mass is 35.5. The Morgan fingerprint density at radius 1 is 1.26 bits per heavy atom. The molecule has 0 aliphatic carbocycles. The quantitative estimate of drug-likeness (QED) is 0.643. The number of aryl methyl sites for hydroxylation is 3. The molecule has 0 saturated carbocycles.